The molecule has 0 rings (SSSR count). The maximum absolute atomic E-state index is 8.74. The van der Waals surface area contributed by atoms with Gasteiger partial charge in [-0.15, -0.1) is 0 Å². The number of aliphatic hydroxyl groups is 1. The monoisotopic (exact) mass is 436 g/mol. The molecule has 1 unspecified atom stereocenters. The van der Waals surface area contributed by atoms with E-state index in [2.05, 4.69) is 13.8 Å². The highest BCUT2D eigenvalue weighted by molar-refractivity contribution is 7.79. The zero-order valence-electron chi connectivity index (χ0n) is 16.8. The van der Waals surface area contributed by atoms with Crippen LogP contribution in [-0.4, -0.2) is 108 Å². The molecule has 0 aliphatic rings. The number of hydrogen-bond acceptors (Lipinski definition) is 9. The van der Waals surface area contributed by atoms with E-state index in [1.807, 2.05) is 0 Å². The molecule has 3 N–H and O–H groups in total. The van der Waals surface area contributed by atoms with E-state index < -0.39 is 10.4 Å². The Balaban J connectivity index is 0. The van der Waals surface area contributed by atoms with E-state index in [0.29, 0.717) is 78.8 Å². The maximum atomic E-state index is 8.74. The van der Waals surface area contributed by atoms with Crippen LogP contribution in [0.4, 0.5) is 0 Å². The van der Waals surface area contributed by atoms with E-state index >= 15 is 0 Å². The van der Waals surface area contributed by atoms with Crippen molar-refractivity contribution in [2.75, 3.05) is 79.3 Å². The first-order valence-electron chi connectivity index (χ1n) is 9.12. The Kier molecular flexibility index (Phi) is 24.3. The number of aliphatic hydroxyl groups excluding tert-OH is 1. The second-order valence-corrected chi connectivity index (χ2v) is 6.22. The molecule has 11 nitrogen and oxygen atoms in total. The second kappa shape index (κ2) is 22.9. The lowest BCUT2D eigenvalue weighted by Gasteiger charge is -2.10. The third-order valence-corrected chi connectivity index (χ3v) is 2.93. The largest absolute Gasteiger partial charge is 0.394 e. The summed E-state index contributed by atoms with van der Waals surface area (Å²) in [7, 11) is -4.67. The SMILES string of the molecule is CCC(C)OCCOCCOCCOCCOCCOCCO.O=S(=O)(O)O. The van der Waals surface area contributed by atoms with E-state index in [0.717, 1.165) is 6.42 Å². The van der Waals surface area contributed by atoms with Crippen molar-refractivity contribution in [3.05, 3.63) is 0 Å². The molecule has 0 bridgehead atoms. The van der Waals surface area contributed by atoms with E-state index in [-0.39, 0.29) is 6.61 Å². The highest BCUT2D eigenvalue weighted by atomic mass is 32.3. The average Bonchev–Trinajstić information content (AvgIpc) is 2.62. The maximum Gasteiger partial charge on any atom is 0.394 e. The van der Waals surface area contributed by atoms with Crippen LogP contribution in [0.1, 0.15) is 20.3 Å². The molecule has 0 saturated carbocycles. The third kappa shape index (κ3) is 36.5. The van der Waals surface area contributed by atoms with Crippen LogP contribution in [0, 0.1) is 0 Å². The highest BCUT2D eigenvalue weighted by Gasteiger charge is 1.97. The fourth-order valence-corrected chi connectivity index (χ4v) is 1.47. The Hall–Kier alpha value is -0.410. The fraction of sp³-hybridized carbons (Fsp3) is 1.00. The second-order valence-electron chi connectivity index (χ2n) is 5.32. The van der Waals surface area contributed by atoms with Gasteiger partial charge in [0.05, 0.1) is 85.4 Å². The first-order chi connectivity index (χ1) is 13.3. The summed E-state index contributed by atoms with van der Waals surface area (Å²) in [4.78, 5) is 0. The molecule has 0 aliphatic carbocycles. The zero-order valence-corrected chi connectivity index (χ0v) is 17.6. The van der Waals surface area contributed by atoms with Gasteiger partial charge >= 0.3 is 10.4 Å². The predicted octanol–water partition coefficient (Wildman–Crippen LogP) is 0.224. The van der Waals surface area contributed by atoms with Crippen LogP contribution in [-0.2, 0) is 38.8 Å². The summed E-state index contributed by atoms with van der Waals surface area (Å²) in [6, 6.07) is 0. The minimum Gasteiger partial charge on any atom is -0.394 e. The minimum absolute atomic E-state index is 0.0417. The van der Waals surface area contributed by atoms with Gasteiger partial charge in [0.2, 0.25) is 0 Å². The molecule has 0 radical (unpaired) electrons. The molecule has 0 aromatic heterocycles. The molecule has 28 heavy (non-hydrogen) atoms. The smallest absolute Gasteiger partial charge is 0.394 e. The van der Waals surface area contributed by atoms with Crippen molar-refractivity contribution in [3.8, 4) is 0 Å². The van der Waals surface area contributed by atoms with Gasteiger partial charge in [-0.3, -0.25) is 9.11 Å². The van der Waals surface area contributed by atoms with E-state index in [9.17, 15) is 0 Å². The Labute approximate surface area is 167 Å². The molecule has 0 fully saturated rings. The molecule has 0 aromatic carbocycles. The zero-order chi connectivity index (χ0) is 21.5. The lowest BCUT2D eigenvalue weighted by atomic mass is 10.3. The molecular weight excluding hydrogens is 400 g/mol. The summed E-state index contributed by atoms with van der Waals surface area (Å²) in [5, 5.41) is 8.50. The topological polar surface area (TPSA) is 150 Å². The van der Waals surface area contributed by atoms with Gasteiger partial charge in [-0.2, -0.15) is 8.42 Å². The third-order valence-electron chi connectivity index (χ3n) is 2.93. The molecule has 0 amide bonds. The summed E-state index contributed by atoms with van der Waals surface area (Å²) < 4.78 is 63.5. The first kappa shape index (κ1) is 29.8. The van der Waals surface area contributed by atoms with Crippen molar-refractivity contribution in [3.63, 3.8) is 0 Å². The molecule has 0 spiro atoms. The van der Waals surface area contributed by atoms with Crippen molar-refractivity contribution in [1.29, 1.82) is 0 Å². The molecule has 0 aliphatic heterocycles. The Bertz CT molecular complexity index is 384. The van der Waals surface area contributed by atoms with E-state index in [1.165, 1.54) is 0 Å². The normalized spacial score (nSPS) is 12.5. The Morgan fingerprint density at radius 2 is 0.964 bits per heavy atom. The molecule has 0 heterocycles. The number of ether oxygens (including phenoxy) is 6. The molecule has 172 valence electrons. The average molecular weight is 437 g/mol. The summed E-state index contributed by atoms with van der Waals surface area (Å²) >= 11 is 0. The van der Waals surface area contributed by atoms with Gasteiger partial charge in [0, 0.05) is 0 Å². The van der Waals surface area contributed by atoms with Gasteiger partial charge in [-0.05, 0) is 13.3 Å². The quantitative estimate of drug-likeness (QED) is 0.188. The summed E-state index contributed by atoms with van der Waals surface area (Å²) in [5.41, 5.74) is 0. The Morgan fingerprint density at radius 3 is 1.25 bits per heavy atom. The van der Waals surface area contributed by atoms with Crippen LogP contribution in [0.3, 0.4) is 0 Å². The lowest BCUT2D eigenvalue weighted by molar-refractivity contribution is -0.0241. The predicted molar refractivity (Wildman–Crippen MR) is 101 cm³/mol. The molecule has 0 saturated heterocycles. The highest BCUT2D eigenvalue weighted by Crippen LogP contribution is 1.94. The standard InChI is InChI=1S/C16H34O7.H2O4S/c1-3-16(2)23-15-14-22-13-12-21-11-10-20-9-8-19-7-6-18-5-4-17;1-5(2,3)4/h16-17H,3-15H2,1-2H3;(H2,1,2,3,4). The van der Waals surface area contributed by atoms with Gasteiger partial charge in [-0.25, -0.2) is 0 Å². The van der Waals surface area contributed by atoms with Crippen molar-refractivity contribution in [2.24, 2.45) is 0 Å². The Morgan fingerprint density at radius 1 is 0.679 bits per heavy atom. The van der Waals surface area contributed by atoms with Gasteiger partial charge in [0.1, 0.15) is 0 Å². The molecular formula is C16H36O11S. The van der Waals surface area contributed by atoms with Crippen LogP contribution in [0.2, 0.25) is 0 Å². The van der Waals surface area contributed by atoms with Crippen LogP contribution >= 0.6 is 0 Å². The van der Waals surface area contributed by atoms with Crippen molar-refractivity contribution >= 4 is 10.4 Å². The molecule has 0 aromatic rings. The summed E-state index contributed by atoms with van der Waals surface area (Å²) in [5.74, 6) is 0. The lowest BCUT2D eigenvalue weighted by Crippen LogP contribution is -2.15. The van der Waals surface area contributed by atoms with Crippen molar-refractivity contribution < 1.29 is 51.1 Å². The summed E-state index contributed by atoms with van der Waals surface area (Å²) in [6.45, 7) is 10.1. The summed E-state index contributed by atoms with van der Waals surface area (Å²) in [6.07, 6.45) is 1.31. The van der Waals surface area contributed by atoms with Crippen LogP contribution < -0.4 is 0 Å². The van der Waals surface area contributed by atoms with Gasteiger partial charge in [0.25, 0.3) is 0 Å². The van der Waals surface area contributed by atoms with Crippen LogP contribution in [0.5, 0.6) is 0 Å². The molecule has 1 atom stereocenters. The fourth-order valence-electron chi connectivity index (χ4n) is 1.47. The van der Waals surface area contributed by atoms with Gasteiger partial charge < -0.3 is 33.5 Å². The van der Waals surface area contributed by atoms with Gasteiger partial charge in [-0.1, -0.05) is 6.92 Å². The van der Waals surface area contributed by atoms with Crippen molar-refractivity contribution in [1.82, 2.24) is 0 Å². The van der Waals surface area contributed by atoms with Gasteiger partial charge in [0.15, 0.2) is 0 Å². The number of rotatable bonds is 19. The first-order valence-corrected chi connectivity index (χ1v) is 10.5. The van der Waals surface area contributed by atoms with Crippen LogP contribution in [0.25, 0.3) is 0 Å². The molecule has 12 heteroatoms. The minimum atomic E-state index is -4.67. The van der Waals surface area contributed by atoms with E-state index in [1.54, 1.807) is 0 Å². The van der Waals surface area contributed by atoms with Crippen molar-refractivity contribution in [2.45, 2.75) is 26.4 Å². The van der Waals surface area contributed by atoms with Crippen LogP contribution in [0.15, 0.2) is 0 Å². The van der Waals surface area contributed by atoms with E-state index in [4.69, 9.17) is 51.1 Å². The number of hydrogen-bond donors (Lipinski definition) is 3.